The minimum absolute atomic E-state index is 0.00803. The lowest BCUT2D eigenvalue weighted by atomic mass is 10.1. The first-order chi connectivity index (χ1) is 8.27. The number of nitrogens with one attached hydrogen (secondary N) is 1. The summed E-state index contributed by atoms with van der Waals surface area (Å²) in [6.07, 6.45) is 1.22. The molecule has 0 bridgehead atoms. The van der Waals surface area contributed by atoms with Gasteiger partial charge in [-0.3, -0.25) is 9.59 Å². The minimum atomic E-state index is -1.01. The first-order valence-electron chi connectivity index (χ1n) is 5.38. The Morgan fingerprint density at radius 3 is 2.61 bits per heavy atom. The van der Waals surface area contributed by atoms with Crippen LogP contribution in [0, 0.1) is 0 Å². The van der Waals surface area contributed by atoms with Gasteiger partial charge in [0.2, 0.25) is 5.75 Å². The van der Waals surface area contributed by atoms with E-state index in [1.165, 1.54) is 18.3 Å². The second-order valence-corrected chi connectivity index (χ2v) is 4.74. The van der Waals surface area contributed by atoms with E-state index in [1.54, 1.807) is 0 Å². The first-order valence-corrected chi connectivity index (χ1v) is 5.38. The lowest BCUT2D eigenvalue weighted by Gasteiger charge is -2.35. The van der Waals surface area contributed by atoms with E-state index in [9.17, 15) is 9.59 Å². The number of carbonyl (C=O) groups is 1. The van der Waals surface area contributed by atoms with Gasteiger partial charge in [0, 0.05) is 5.54 Å². The van der Waals surface area contributed by atoms with Gasteiger partial charge in [-0.15, -0.1) is 0 Å². The number of hydrogen-bond donors (Lipinski definition) is 2. The molecule has 1 heterocycles. The predicted molar refractivity (Wildman–Crippen MR) is 66.1 cm³/mol. The van der Waals surface area contributed by atoms with Crippen LogP contribution in [0.2, 0.25) is 0 Å². The molecule has 0 atom stereocenters. The van der Waals surface area contributed by atoms with Crippen LogP contribution in [0.1, 0.15) is 20.8 Å². The van der Waals surface area contributed by atoms with Crippen LogP contribution in [-0.2, 0) is 4.79 Å². The summed E-state index contributed by atoms with van der Waals surface area (Å²) in [7, 11) is 1.34. The van der Waals surface area contributed by atoms with E-state index >= 15 is 0 Å². The van der Waals surface area contributed by atoms with Crippen LogP contribution in [0.15, 0.2) is 11.1 Å². The van der Waals surface area contributed by atoms with Gasteiger partial charge in [-0.1, -0.05) is 0 Å². The number of aliphatic carboxylic acids is 1. The fourth-order valence-corrected chi connectivity index (χ4v) is 1.52. The third-order valence-corrected chi connectivity index (χ3v) is 2.35. The van der Waals surface area contributed by atoms with Crippen LogP contribution >= 0.6 is 0 Å². The van der Waals surface area contributed by atoms with Crippen LogP contribution in [0.5, 0.6) is 5.75 Å². The van der Waals surface area contributed by atoms with E-state index in [1.807, 2.05) is 20.8 Å². The zero-order valence-corrected chi connectivity index (χ0v) is 10.9. The van der Waals surface area contributed by atoms with Crippen molar-refractivity contribution in [3.63, 3.8) is 0 Å². The summed E-state index contributed by atoms with van der Waals surface area (Å²) in [6.45, 7) is 5.23. The Bertz CT molecular complexity index is 490. The molecule has 0 radical (unpaired) electrons. The van der Waals surface area contributed by atoms with Crippen molar-refractivity contribution < 1.29 is 14.6 Å². The Morgan fingerprint density at radius 2 is 2.17 bits per heavy atom. The molecule has 0 aliphatic carbocycles. The second-order valence-electron chi connectivity index (χ2n) is 4.74. The maximum Gasteiger partial charge on any atom is 0.323 e. The van der Waals surface area contributed by atoms with Crippen LogP contribution < -0.4 is 15.2 Å². The lowest BCUT2D eigenvalue weighted by molar-refractivity contribution is -0.135. The summed E-state index contributed by atoms with van der Waals surface area (Å²) in [5.41, 5.74) is -0.950. The number of H-pyrrole nitrogens is 1. The molecule has 1 aromatic heterocycles. The van der Waals surface area contributed by atoms with E-state index in [-0.39, 0.29) is 18.1 Å². The lowest BCUT2D eigenvalue weighted by Crippen LogP contribution is -2.45. The number of rotatable bonds is 4. The van der Waals surface area contributed by atoms with Crippen LogP contribution in [0.4, 0.5) is 5.82 Å². The molecule has 0 amide bonds. The SMILES string of the molecule is COc1c(N(CC(=O)O)C(C)(C)C)nc[nH]c1=O. The summed E-state index contributed by atoms with van der Waals surface area (Å²) in [5.74, 6) is -0.779. The van der Waals surface area contributed by atoms with Crippen molar-refractivity contribution in [3.05, 3.63) is 16.7 Å². The number of carboxylic acids is 1. The monoisotopic (exact) mass is 255 g/mol. The summed E-state index contributed by atoms with van der Waals surface area (Å²) in [6, 6.07) is 0. The number of aromatic nitrogens is 2. The van der Waals surface area contributed by atoms with Crippen molar-refractivity contribution in [3.8, 4) is 5.75 Å². The van der Waals surface area contributed by atoms with Crippen molar-refractivity contribution in [1.82, 2.24) is 9.97 Å². The second kappa shape index (κ2) is 5.07. The number of aromatic amines is 1. The van der Waals surface area contributed by atoms with Crippen molar-refractivity contribution in [2.24, 2.45) is 0 Å². The quantitative estimate of drug-likeness (QED) is 0.812. The highest BCUT2D eigenvalue weighted by Gasteiger charge is 2.28. The fourth-order valence-electron chi connectivity index (χ4n) is 1.52. The molecule has 7 nitrogen and oxygen atoms in total. The Balaban J connectivity index is 3.34. The Labute approximate surface area is 104 Å². The molecule has 0 spiro atoms. The van der Waals surface area contributed by atoms with Crippen molar-refractivity contribution >= 4 is 11.8 Å². The van der Waals surface area contributed by atoms with Gasteiger partial charge >= 0.3 is 5.97 Å². The maximum absolute atomic E-state index is 11.6. The highest BCUT2D eigenvalue weighted by atomic mass is 16.5. The molecular weight excluding hydrogens is 238 g/mol. The highest BCUT2D eigenvalue weighted by Crippen LogP contribution is 2.27. The number of anilines is 1. The molecule has 1 aromatic rings. The average Bonchev–Trinajstić information content (AvgIpc) is 2.24. The Hall–Kier alpha value is -2.05. The third-order valence-electron chi connectivity index (χ3n) is 2.35. The van der Waals surface area contributed by atoms with Crippen LogP contribution in [0.3, 0.4) is 0 Å². The van der Waals surface area contributed by atoms with E-state index in [0.717, 1.165) is 0 Å². The molecule has 18 heavy (non-hydrogen) atoms. The first kappa shape index (κ1) is 14.0. The van der Waals surface area contributed by atoms with Gasteiger partial charge in [0.25, 0.3) is 5.56 Å². The van der Waals surface area contributed by atoms with Gasteiger partial charge in [0.1, 0.15) is 6.54 Å². The van der Waals surface area contributed by atoms with E-state index in [0.29, 0.717) is 0 Å². The average molecular weight is 255 g/mol. The minimum Gasteiger partial charge on any atom is -0.489 e. The highest BCUT2D eigenvalue weighted by molar-refractivity contribution is 5.74. The number of ether oxygens (including phenoxy) is 1. The van der Waals surface area contributed by atoms with Gasteiger partial charge < -0.3 is 19.7 Å². The smallest absolute Gasteiger partial charge is 0.323 e. The molecule has 2 N–H and O–H groups in total. The molecular formula is C11H17N3O4. The summed E-state index contributed by atoms with van der Waals surface area (Å²) >= 11 is 0. The number of nitrogens with zero attached hydrogens (tertiary/aromatic N) is 2. The molecule has 0 aromatic carbocycles. The van der Waals surface area contributed by atoms with Crippen molar-refractivity contribution in [2.75, 3.05) is 18.6 Å². The fraction of sp³-hybridized carbons (Fsp3) is 0.545. The van der Waals surface area contributed by atoms with E-state index in [2.05, 4.69) is 9.97 Å². The van der Waals surface area contributed by atoms with E-state index in [4.69, 9.17) is 9.84 Å². The molecule has 0 unspecified atom stereocenters. The van der Waals surface area contributed by atoms with E-state index < -0.39 is 17.1 Å². The normalized spacial score (nSPS) is 11.1. The molecule has 0 fully saturated rings. The molecule has 0 saturated carbocycles. The summed E-state index contributed by atoms with van der Waals surface area (Å²) in [5, 5.41) is 8.95. The summed E-state index contributed by atoms with van der Waals surface area (Å²) in [4.78, 5) is 30.4. The van der Waals surface area contributed by atoms with Gasteiger partial charge in [-0.2, -0.15) is 0 Å². The topological polar surface area (TPSA) is 95.5 Å². The number of hydrogen-bond acceptors (Lipinski definition) is 5. The Morgan fingerprint density at radius 1 is 1.56 bits per heavy atom. The zero-order chi connectivity index (χ0) is 13.9. The van der Waals surface area contributed by atoms with Crippen molar-refractivity contribution in [2.45, 2.75) is 26.3 Å². The number of carboxylic acid groups (broad SMARTS) is 1. The number of methoxy groups -OCH3 is 1. The van der Waals surface area contributed by atoms with Gasteiger partial charge in [0.05, 0.1) is 13.4 Å². The third kappa shape index (κ3) is 2.99. The maximum atomic E-state index is 11.6. The van der Waals surface area contributed by atoms with Crippen LogP contribution in [-0.4, -0.2) is 40.2 Å². The van der Waals surface area contributed by atoms with Crippen molar-refractivity contribution in [1.29, 1.82) is 0 Å². The molecule has 1 rings (SSSR count). The Kier molecular flexibility index (Phi) is 3.95. The largest absolute Gasteiger partial charge is 0.489 e. The summed E-state index contributed by atoms with van der Waals surface area (Å²) < 4.78 is 4.99. The zero-order valence-electron chi connectivity index (χ0n) is 10.9. The molecule has 0 aliphatic heterocycles. The molecule has 100 valence electrons. The standard InChI is InChI=1S/C11H17N3O4/c1-11(2,3)14(5-7(15)16)9-8(18-4)10(17)13-6-12-9/h6H,5H2,1-4H3,(H,15,16)(H,12,13,17). The van der Waals surface area contributed by atoms with Gasteiger partial charge in [0.15, 0.2) is 5.82 Å². The molecule has 0 saturated heterocycles. The van der Waals surface area contributed by atoms with Gasteiger partial charge in [-0.05, 0) is 20.8 Å². The van der Waals surface area contributed by atoms with Gasteiger partial charge in [-0.25, -0.2) is 4.98 Å². The van der Waals surface area contributed by atoms with Crippen LogP contribution in [0.25, 0.3) is 0 Å². The molecule has 7 heteroatoms. The predicted octanol–water partition coefficient (Wildman–Crippen LogP) is 0.468. The molecule has 0 aliphatic rings.